The summed E-state index contributed by atoms with van der Waals surface area (Å²) in [6.07, 6.45) is 2.03. The standard InChI is InChI=1S/C24H40N6O9S2/c1-4-12-27-17-10-8-16(9-11-17)21(31)28-13-6-5-7-18(22(32)26-3)29-23(33)19(14-40(35)36)30-24(34)20(25-2)15-41(37,38)39/h8-11,18-20,25,27H,4-7,12-15H2,1-3H3,(H,26,32)(H,28,31)(H,29,33)(H,30,34)(H,35,36)(H,37,38,39). The fraction of sp³-hybridized carbons (Fsp3) is 0.583. The zero-order chi connectivity index (χ0) is 31.0. The number of rotatable bonds is 19. The molecule has 0 saturated carbocycles. The number of hydrogen-bond donors (Lipinski definition) is 8. The highest BCUT2D eigenvalue weighted by Gasteiger charge is 2.31. The van der Waals surface area contributed by atoms with Crippen molar-refractivity contribution in [2.75, 3.05) is 44.0 Å². The summed E-state index contributed by atoms with van der Waals surface area (Å²) in [7, 11) is -1.94. The summed E-state index contributed by atoms with van der Waals surface area (Å²) in [6, 6.07) is 2.96. The molecule has 17 heteroatoms. The average Bonchev–Trinajstić information content (AvgIpc) is 2.92. The molecular formula is C24H40N6O9S2. The Morgan fingerprint density at radius 1 is 0.902 bits per heavy atom. The van der Waals surface area contributed by atoms with Gasteiger partial charge in [-0.25, -0.2) is 4.21 Å². The van der Waals surface area contributed by atoms with Gasteiger partial charge in [0.1, 0.15) is 18.1 Å². The minimum atomic E-state index is -4.55. The van der Waals surface area contributed by atoms with Crippen LogP contribution in [0.4, 0.5) is 5.69 Å². The largest absolute Gasteiger partial charge is 0.385 e. The van der Waals surface area contributed by atoms with Crippen LogP contribution in [0.1, 0.15) is 43.0 Å². The highest BCUT2D eigenvalue weighted by atomic mass is 32.2. The van der Waals surface area contributed by atoms with Crippen LogP contribution in [-0.4, -0.2) is 102 Å². The molecule has 232 valence electrons. The van der Waals surface area contributed by atoms with Gasteiger partial charge in [0.25, 0.3) is 16.0 Å². The van der Waals surface area contributed by atoms with E-state index in [1.807, 2.05) is 12.1 Å². The van der Waals surface area contributed by atoms with E-state index in [1.54, 1.807) is 12.1 Å². The Hall–Kier alpha value is -3.12. The van der Waals surface area contributed by atoms with E-state index in [9.17, 15) is 36.4 Å². The molecule has 0 aromatic heterocycles. The van der Waals surface area contributed by atoms with E-state index >= 15 is 0 Å². The van der Waals surface area contributed by atoms with Gasteiger partial charge in [0, 0.05) is 31.4 Å². The van der Waals surface area contributed by atoms with Crippen molar-refractivity contribution in [1.29, 1.82) is 0 Å². The van der Waals surface area contributed by atoms with Crippen molar-refractivity contribution in [3.8, 4) is 0 Å². The zero-order valence-corrected chi connectivity index (χ0v) is 24.9. The molecule has 1 rings (SSSR count). The van der Waals surface area contributed by atoms with Crippen LogP contribution in [0.15, 0.2) is 24.3 Å². The lowest BCUT2D eigenvalue weighted by Crippen LogP contribution is -2.58. The van der Waals surface area contributed by atoms with Crippen molar-refractivity contribution in [2.24, 2.45) is 0 Å². The Balaban J connectivity index is 2.70. The van der Waals surface area contributed by atoms with E-state index in [2.05, 4.69) is 38.8 Å². The van der Waals surface area contributed by atoms with Crippen LogP contribution in [0.25, 0.3) is 0 Å². The molecule has 4 amide bonds. The summed E-state index contributed by atoms with van der Waals surface area (Å²) in [5.74, 6) is -4.50. The number of likely N-dealkylation sites (N-methyl/N-ethyl adjacent to an activating group) is 2. The van der Waals surface area contributed by atoms with E-state index in [-0.39, 0.29) is 12.3 Å². The second-order valence-electron chi connectivity index (χ2n) is 9.07. The minimum Gasteiger partial charge on any atom is -0.385 e. The Kier molecular flexibility index (Phi) is 16.1. The number of anilines is 1. The van der Waals surface area contributed by atoms with E-state index in [0.29, 0.717) is 24.9 Å². The highest BCUT2D eigenvalue weighted by molar-refractivity contribution is 7.85. The van der Waals surface area contributed by atoms with Crippen LogP contribution in [-0.2, 0) is 35.6 Å². The Labute approximate surface area is 242 Å². The summed E-state index contributed by atoms with van der Waals surface area (Å²) in [5, 5.41) is 15.4. The third kappa shape index (κ3) is 14.4. The lowest BCUT2D eigenvalue weighted by molar-refractivity contribution is -0.132. The second-order valence-corrected chi connectivity index (χ2v) is 11.5. The summed E-state index contributed by atoms with van der Waals surface area (Å²) in [6.45, 7) is 3.19. The predicted molar refractivity (Wildman–Crippen MR) is 154 cm³/mol. The van der Waals surface area contributed by atoms with Gasteiger partial charge in [-0.15, -0.1) is 0 Å². The Morgan fingerprint density at radius 3 is 2.05 bits per heavy atom. The molecule has 4 atom stereocenters. The van der Waals surface area contributed by atoms with Gasteiger partial charge in [-0.05, 0) is 57.0 Å². The molecule has 0 aliphatic carbocycles. The van der Waals surface area contributed by atoms with Crippen LogP contribution in [0, 0.1) is 0 Å². The Bertz CT molecular complexity index is 1150. The van der Waals surface area contributed by atoms with Gasteiger partial charge >= 0.3 is 0 Å². The van der Waals surface area contributed by atoms with Crippen LogP contribution in [0.5, 0.6) is 0 Å². The molecule has 41 heavy (non-hydrogen) atoms. The van der Waals surface area contributed by atoms with Gasteiger partial charge in [-0.3, -0.25) is 23.7 Å². The fourth-order valence-corrected chi connectivity index (χ4v) is 4.86. The maximum atomic E-state index is 12.9. The molecule has 0 aliphatic heterocycles. The van der Waals surface area contributed by atoms with E-state index < -0.39 is 68.6 Å². The smallest absolute Gasteiger partial charge is 0.266 e. The van der Waals surface area contributed by atoms with E-state index in [0.717, 1.165) is 18.7 Å². The molecule has 0 heterocycles. The zero-order valence-electron chi connectivity index (χ0n) is 23.3. The van der Waals surface area contributed by atoms with Crippen LogP contribution < -0.4 is 31.9 Å². The first-order chi connectivity index (χ1) is 19.3. The number of carbonyl (C=O) groups excluding carboxylic acids is 4. The number of unbranched alkanes of at least 4 members (excludes halogenated alkanes) is 1. The molecule has 8 N–H and O–H groups in total. The molecule has 0 radical (unpaired) electrons. The molecule has 0 bridgehead atoms. The number of hydrogen-bond acceptors (Lipinski definition) is 9. The predicted octanol–water partition coefficient (Wildman–Crippen LogP) is -1.18. The van der Waals surface area contributed by atoms with Crippen molar-refractivity contribution < 1.29 is 40.9 Å². The quantitative estimate of drug-likeness (QED) is 0.0521. The van der Waals surface area contributed by atoms with Gasteiger partial charge in [-0.2, -0.15) is 8.42 Å². The first-order valence-electron chi connectivity index (χ1n) is 13.0. The lowest BCUT2D eigenvalue weighted by Gasteiger charge is -2.23. The maximum Gasteiger partial charge on any atom is 0.266 e. The van der Waals surface area contributed by atoms with Crippen LogP contribution in [0.3, 0.4) is 0 Å². The highest BCUT2D eigenvalue weighted by Crippen LogP contribution is 2.10. The van der Waals surface area contributed by atoms with Crippen molar-refractivity contribution in [3.63, 3.8) is 0 Å². The molecule has 0 saturated heterocycles. The number of amides is 4. The fourth-order valence-electron chi connectivity index (χ4n) is 3.60. The Morgan fingerprint density at radius 2 is 1.51 bits per heavy atom. The normalized spacial score (nSPS) is 14.2. The lowest BCUT2D eigenvalue weighted by atomic mass is 10.1. The topological polar surface area (TPSA) is 232 Å². The summed E-state index contributed by atoms with van der Waals surface area (Å²) >= 11 is -2.53. The third-order valence-corrected chi connectivity index (χ3v) is 7.17. The summed E-state index contributed by atoms with van der Waals surface area (Å²) in [5.41, 5.74) is 1.41. The van der Waals surface area contributed by atoms with Crippen molar-refractivity contribution in [3.05, 3.63) is 29.8 Å². The number of benzene rings is 1. The van der Waals surface area contributed by atoms with Gasteiger partial charge in [0.2, 0.25) is 17.7 Å². The van der Waals surface area contributed by atoms with Gasteiger partial charge < -0.3 is 36.5 Å². The number of carbonyl (C=O) groups is 4. The van der Waals surface area contributed by atoms with E-state index in [1.165, 1.54) is 14.1 Å². The number of nitrogens with one attached hydrogen (secondary N) is 6. The van der Waals surface area contributed by atoms with Crippen molar-refractivity contribution in [2.45, 2.75) is 50.7 Å². The molecule has 0 aliphatic rings. The van der Waals surface area contributed by atoms with E-state index in [4.69, 9.17) is 4.55 Å². The second kappa shape index (κ2) is 18.3. The molecule has 1 aromatic carbocycles. The first-order valence-corrected chi connectivity index (χ1v) is 15.8. The van der Waals surface area contributed by atoms with Gasteiger partial charge in [0.15, 0.2) is 11.1 Å². The minimum absolute atomic E-state index is 0.157. The molecule has 15 nitrogen and oxygen atoms in total. The molecule has 0 fully saturated rings. The average molecular weight is 621 g/mol. The van der Waals surface area contributed by atoms with Crippen LogP contribution >= 0.6 is 0 Å². The SMILES string of the molecule is CCCNc1ccc(C(=O)NCCCCC(NC(=O)C(CS(=O)O)NC(=O)C(CS(=O)(=O)O)NC)C(=O)NC)cc1. The molecule has 4 unspecified atom stereocenters. The maximum absolute atomic E-state index is 12.9. The molecule has 0 spiro atoms. The van der Waals surface area contributed by atoms with Gasteiger partial charge in [0.05, 0.1) is 11.5 Å². The first kappa shape index (κ1) is 35.9. The third-order valence-electron chi connectivity index (χ3n) is 5.80. The summed E-state index contributed by atoms with van der Waals surface area (Å²) in [4.78, 5) is 50.1. The van der Waals surface area contributed by atoms with Gasteiger partial charge in [-0.1, -0.05) is 6.92 Å². The van der Waals surface area contributed by atoms with Crippen molar-refractivity contribution in [1.82, 2.24) is 26.6 Å². The van der Waals surface area contributed by atoms with Crippen LogP contribution in [0.2, 0.25) is 0 Å². The summed E-state index contributed by atoms with van der Waals surface area (Å²) < 4.78 is 52.0. The van der Waals surface area contributed by atoms with Crippen molar-refractivity contribution >= 4 is 50.5 Å². The monoisotopic (exact) mass is 620 g/mol. The molecule has 1 aromatic rings. The molecular weight excluding hydrogens is 580 g/mol.